The minimum atomic E-state index is -0.804. The lowest BCUT2D eigenvalue weighted by molar-refractivity contribution is -0.118. The van der Waals surface area contributed by atoms with Gasteiger partial charge in [0.25, 0.3) is 5.91 Å². The number of ether oxygens (including phenoxy) is 2. The third-order valence-corrected chi connectivity index (χ3v) is 4.96. The zero-order valence-electron chi connectivity index (χ0n) is 15.0. The van der Waals surface area contributed by atoms with Gasteiger partial charge in [-0.3, -0.25) is 4.79 Å². The summed E-state index contributed by atoms with van der Waals surface area (Å²) in [7, 11) is 0. The number of nitrogens with zero attached hydrogens (tertiary/aromatic N) is 1. The second-order valence-electron chi connectivity index (χ2n) is 6.87. The van der Waals surface area contributed by atoms with Gasteiger partial charge in [0.2, 0.25) is 0 Å². The molecule has 3 N–H and O–H groups in total. The molecule has 0 fully saturated rings. The van der Waals surface area contributed by atoms with Crippen molar-refractivity contribution in [1.29, 1.82) is 0 Å². The first-order chi connectivity index (χ1) is 13.0. The second kappa shape index (κ2) is 6.83. The zero-order chi connectivity index (χ0) is 19.0. The van der Waals surface area contributed by atoms with Crippen LogP contribution in [0.2, 0.25) is 0 Å². The van der Waals surface area contributed by atoms with Gasteiger partial charge in [-0.25, -0.2) is 4.79 Å². The molecule has 2 amide bonds. The summed E-state index contributed by atoms with van der Waals surface area (Å²) >= 11 is 0. The highest BCUT2D eigenvalue weighted by Crippen LogP contribution is 2.45. The van der Waals surface area contributed by atoms with E-state index in [2.05, 4.69) is 29.3 Å². The predicted molar refractivity (Wildman–Crippen MR) is 101 cm³/mol. The van der Waals surface area contributed by atoms with Crippen LogP contribution >= 0.6 is 0 Å². The summed E-state index contributed by atoms with van der Waals surface area (Å²) in [6.45, 7) is 2.75. The van der Waals surface area contributed by atoms with Crippen LogP contribution in [-0.4, -0.2) is 24.6 Å². The summed E-state index contributed by atoms with van der Waals surface area (Å²) in [4.78, 5) is 25.3. The van der Waals surface area contributed by atoms with Gasteiger partial charge in [-0.15, -0.1) is 0 Å². The summed E-state index contributed by atoms with van der Waals surface area (Å²) in [6.07, 6.45) is -0.638. The van der Waals surface area contributed by atoms with E-state index in [0.29, 0.717) is 24.4 Å². The highest BCUT2D eigenvalue weighted by atomic mass is 16.6. The summed E-state index contributed by atoms with van der Waals surface area (Å²) in [5.74, 6) is 0.381. The molecule has 0 aliphatic carbocycles. The van der Waals surface area contributed by atoms with E-state index in [1.165, 1.54) is 5.56 Å². The minimum absolute atomic E-state index is 0.0305. The number of carbonyl (C=O) groups is 2. The molecule has 2 aliphatic heterocycles. The molecule has 2 aromatic rings. The molecule has 4 rings (SSSR count). The number of nitrogens with two attached hydrogens (primary N) is 1. The summed E-state index contributed by atoms with van der Waals surface area (Å²) < 4.78 is 10.9. The molecule has 0 bridgehead atoms. The topological polar surface area (TPSA) is 93.9 Å². The van der Waals surface area contributed by atoms with Gasteiger partial charge in [0.05, 0.1) is 5.69 Å². The Morgan fingerprint density at radius 3 is 2.85 bits per heavy atom. The van der Waals surface area contributed by atoms with Crippen LogP contribution < -0.4 is 20.7 Å². The average Bonchev–Trinajstić information content (AvgIpc) is 2.64. The fourth-order valence-corrected chi connectivity index (χ4v) is 3.71. The maximum Gasteiger partial charge on any atom is 0.405 e. The van der Waals surface area contributed by atoms with Crippen LogP contribution in [0.5, 0.6) is 5.75 Å². The van der Waals surface area contributed by atoms with Crippen LogP contribution in [-0.2, 0) is 16.1 Å². The quantitative estimate of drug-likeness (QED) is 0.870. The molecule has 2 atom stereocenters. The third-order valence-electron chi connectivity index (χ3n) is 4.96. The molecule has 0 saturated carbocycles. The monoisotopic (exact) mass is 367 g/mol. The Morgan fingerprint density at radius 2 is 2.11 bits per heavy atom. The summed E-state index contributed by atoms with van der Waals surface area (Å²) in [5, 5.41) is 2.84. The number of hydrogen-bond acceptors (Lipinski definition) is 5. The number of benzene rings is 2. The second-order valence-corrected chi connectivity index (χ2v) is 6.87. The van der Waals surface area contributed by atoms with E-state index >= 15 is 0 Å². The van der Waals surface area contributed by atoms with Crippen molar-refractivity contribution in [1.82, 2.24) is 0 Å². The molecule has 2 aliphatic rings. The van der Waals surface area contributed by atoms with Crippen molar-refractivity contribution in [3.63, 3.8) is 0 Å². The van der Waals surface area contributed by atoms with E-state index in [1.807, 2.05) is 30.3 Å². The van der Waals surface area contributed by atoms with Gasteiger partial charge in [-0.05, 0) is 24.6 Å². The summed E-state index contributed by atoms with van der Waals surface area (Å²) in [5.41, 5.74) is 8.79. The van der Waals surface area contributed by atoms with E-state index in [9.17, 15) is 9.59 Å². The number of rotatable bonds is 3. The Hall–Kier alpha value is -3.22. The molecule has 2 heterocycles. The lowest BCUT2D eigenvalue weighted by atomic mass is 9.92. The largest absolute Gasteiger partial charge is 0.482 e. The van der Waals surface area contributed by atoms with Crippen LogP contribution in [0.1, 0.15) is 30.6 Å². The van der Waals surface area contributed by atoms with Gasteiger partial charge in [0, 0.05) is 30.3 Å². The van der Waals surface area contributed by atoms with Gasteiger partial charge < -0.3 is 25.4 Å². The van der Waals surface area contributed by atoms with Crippen molar-refractivity contribution in [3.05, 3.63) is 53.6 Å². The minimum Gasteiger partial charge on any atom is -0.482 e. The fraction of sp³-hybridized carbons (Fsp3) is 0.300. The van der Waals surface area contributed by atoms with E-state index in [0.717, 1.165) is 11.3 Å². The Labute approximate surface area is 157 Å². The molecule has 140 valence electrons. The van der Waals surface area contributed by atoms with Crippen LogP contribution in [0.15, 0.2) is 42.5 Å². The number of amides is 2. The smallest absolute Gasteiger partial charge is 0.405 e. The Kier molecular flexibility index (Phi) is 4.35. The predicted octanol–water partition coefficient (Wildman–Crippen LogP) is 2.95. The number of fused-ring (bicyclic) bond motifs is 2. The molecule has 0 aromatic heterocycles. The lowest BCUT2D eigenvalue weighted by Crippen LogP contribution is -2.40. The maximum absolute atomic E-state index is 11.7. The van der Waals surface area contributed by atoms with E-state index < -0.39 is 12.2 Å². The van der Waals surface area contributed by atoms with Crippen molar-refractivity contribution in [2.45, 2.75) is 32.0 Å². The molecule has 2 unspecified atom stereocenters. The molecule has 0 spiro atoms. The molecule has 7 nitrogen and oxygen atoms in total. The number of primary amides is 1. The molecular weight excluding hydrogens is 346 g/mol. The molecule has 7 heteroatoms. The molecule has 2 aromatic carbocycles. The normalized spacial score (nSPS) is 20.8. The van der Waals surface area contributed by atoms with Gasteiger partial charge in [0.15, 0.2) is 6.61 Å². The highest BCUT2D eigenvalue weighted by Gasteiger charge is 2.34. The highest BCUT2D eigenvalue weighted by molar-refractivity contribution is 5.96. The van der Waals surface area contributed by atoms with Crippen LogP contribution in [0.4, 0.5) is 16.2 Å². The first kappa shape index (κ1) is 17.2. The first-order valence-corrected chi connectivity index (χ1v) is 8.88. The Bertz CT molecular complexity index is 884. The summed E-state index contributed by atoms with van der Waals surface area (Å²) in [6, 6.07) is 14.0. The number of carbonyl (C=O) groups excluding carboxylic acids is 2. The number of nitrogens with one attached hydrogen (secondary N) is 1. The van der Waals surface area contributed by atoms with Crippen molar-refractivity contribution < 1.29 is 19.1 Å². The number of anilines is 2. The zero-order valence-corrected chi connectivity index (χ0v) is 15.0. The molecule has 0 radical (unpaired) electrons. The van der Waals surface area contributed by atoms with E-state index in [-0.39, 0.29) is 18.6 Å². The van der Waals surface area contributed by atoms with Crippen LogP contribution in [0, 0.1) is 0 Å². The SMILES string of the molecule is CC1CC(OC(N)=O)c2cc3c(cc2N1Cc1ccccc1)NC(=O)CO3. The van der Waals surface area contributed by atoms with Crippen LogP contribution in [0.3, 0.4) is 0 Å². The van der Waals surface area contributed by atoms with Crippen molar-refractivity contribution in [2.75, 3.05) is 16.8 Å². The fourth-order valence-electron chi connectivity index (χ4n) is 3.71. The van der Waals surface area contributed by atoms with Crippen LogP contribution in [0.25, 0.3) is 0 Å². The molecule has 27 heavy (non-hydrogen) atoms. The van der Waals surface area contributed by atoms with Crippen molar-refractivity contribution >= 4 is 23.4 Å². The Balaban J connectivity index is 1.77. The first-order valence-electron chi connectivity index (χ1n) is 8.88. The number of hydrogen-bond donors (Lipinski definition) is 2. The van der Waals surface area contributed by atoms with Gasteiger partial charge in [0.1, 0.15) is 11.9 Å². The molecule has 0 saturated heterocycles. The van der Waals surface area contributed by atoms with Gasteiger partial charge >= 0.3 is 6.09 Å². The van der Waals surface area contributed by atoms with Gasteiger partial charge in [-0.2, -0.15) is 0 Å². The lowest BCUT2D eigenvalue weighted by Gasteiger charge is -2.41. The standard InChI is InChI=1S/C20H21N3O4/c1-12-7-17(27-20(21)25)14-8-18-15(22-19(24)11-26-18)9-16(14)23(12)10-13-5-3-2-4-6-13/h2-6,8-9,12,17H,7,10-11H2,1H3,(H2,21,25)(H,22,24). The van der Waals surface area contributed by atoms with Crippen molar-refractivity contribution in [3.8, 4) is 5.75 Å². The van der Waals surface area contributed by atoms with Crippen molar-refractivity contribution in [2.24, 2.45) is 5.73 Å². The average molecular weight is 367 g/mol. The molecular formula is C20H21N3O4. The van der Waals surface area contributed by atoms with E-state index in [4.69, 9.17) is 15.2 Å². The Morgan fingerprint density at radius 1 is 1.33 bits per heavy atom. The van der Waals surface area contributed by atoms with E-state index in [1.54, 1.807) is 0 Å². The van der Waals surface area contributed by atoms with Gasteiger partial charge in [-0.1, -0.05) is 30.3 Å². The maximum atomic E-state index is 11.7. The third kappa shape index (κ3) is 3.40.